The number of benzene rings is 1. The van der Waals surface area contributed by atoms with Crippen molar-refractivity contribution in [3.8, 4) is 0 Å². The molecule has 0 spiro atoms. The summed E-state index contributed by atoms with van der Waals surface area (Å²) < 4.78 is 0. The fourth-order valence-corrected chi connectivity index (χ4v) is 3.85. The lowest BCUT2D eigenvalue weighted by atomic mass is 9.96. The lowest BCUT2D eigenvalue weighted by Gasteiger charge is -2.40. The van der Waals surface area contributed by atoms with Gasteiger partial charge in [0.2, 0.25) is 0 Å². The molecule has 4 rings (SSSR count). The SMILES string of the molecule is CC1CNCCN1C1c2ccc(Cl)cc2NCc2cccnc21. The number of anilines is 1. The topological polar surface area (TPSA) is 40.2 Å². The highest BCUT2D eigenvalue weighted by atomic mass is 35.5. The first-order valence-electron chi connectivity index (χ1n) is 8.17. The molecule has 0 amide bonds. The van der Waals surface area contributed by atoms with Crippen molar-refractivity contribution in [3.63, 3.8) is 0 Å². The average molecular weight is 329 g/mol. The van der Waals surface area contributed by atoms with Crippen LogP contribution in [0.25, 0.3) is 0 Å². The van der Waals surface area contributed by atoms with Crippen LogP contribution in [0.5, 0.6) is 0 Å². The molecular weight excluding hydrogens is 308 g/mol. The molecule has 2 aromatic rings. The van der Waals surface area contributed by atoms with E-state index in [1.807, 2.05) is 24.4 Å². The zero-order valence-electron chi connectivity index (χ0n) is 13.2. The number of piperazine rings is 1. The summed E-state index contributed by atoms with van der Waals surface area (Å²) in [6.45, 7) is 6.11. The summed E-state index contributed by atoms with van der Waals surface area (Å²) in [4.78, 5) is 7.31. The molecule has 0 radical (unpaired) electrons. The molecule has 0 aliphatic carbocycles. The summed E-state index contributed by atoms with van der Waals surface area (Å²) in [5.74, 6) is 0. The third-order valence-corrected chi connectivity index (χ3v) is 5.08. The second-order valence-corrected chi connectivity index (χ2v) is 6.76. The Bertz CT molecular complexity index is 718. The van der Waals surface area contributed by atoms with Gasteiger partial charge in [-0.25, -0.2) is 0 Å². The minimum atomic E-state index is 0.172. The maximum atomic E-state index is 6.22. The Hall–Kier alpha value is -1.62. The third kappa shape index (κ3) is 2.71. The fourth-order valence-electron chi connectivity index (χ4n) is 3.68. The molecule has 0 bridgehead atoms. The van der Waals surface area contributed by atoms with Crippen LogP contribution >= 0.6 is 11.6 Å². The van der Waals surface area contributed by atoms with Gasteiger partial charge in [0.05, 0.1) is 11.7 Å². The van der Waals surface area contributed by atoms with Crippen molar-refractivity contribution < 1.29 is 0 Å². The summed E-state index contributed by atoms with van der Waals surface area (Å²) in [6.07, 6.45) is 1.90. The number of fused-ring (bicyclic) bond motifs is 2. The van der Waals surface area contributed by atoms with E-state index in [1.165, 1.54) is 11.1 Å². The largest absolute Gasteiger partial charge is 0.381 e. The molecule has 3 heterocycles. The molecule has 23 heavy (non-hydrogen) atoms. The monoisotopic (exact) mass is 328 g/mol. The van der Waals surface area contributed by atoms with Gasteiger partial charge in [0.25, 0.3) is 0 Å². The van der Waals surface area contributed by atoms with Crippen molar-refractivity contribution >= 4 is 17.3 Å². The summed E-state index contributed by atoms with van der Waals surface area (Å²) in [6, 6.07) is 11.0. The Morgan fingerprint density at radius 3 is 3.09 bits per heavy atom. The fraction of sp³-hybridized carbons (Fsp3) is 0.389. The maximum Gasteiger partial charge on any atom is 0.0803 e. The van der Waals surface area contributed by atoms with Gasteiger partial charge in [-0.2, -0.15) is 0 Å². The predicted octanol–water partition coefficient (Wildman–Crippen LogP) is 3.04. The number of pyridine rings is 1. The van der Waals surface area contributed by atoms with Gasteiger partial charge in [-0.1, -0.05) is 23.7 Å². The first kappa shape index (κ1) is 14.9. The molecule has 2 aliphatic heterocycles. The Morgan fingerprint density at radius 2 is 2.22 bits per heavy atom. The molecule has 5 heteroatoms. The first-order valence-corrected chi connectivity index (χ1v) is 8.55. The number of rotatable bonds is 1. The van der Waals surface area contributed by atoms with Crippen LogP contribution in [0.15, 0.2) is 36.5 Å². The summed E-state index contributed by atoms with van der Waals surface area (Å²) in [5, 5.41) is 7.78. The van der Waals surface area contributed by atoms with Gasteiger partial charge in [0.1, 0.15) is 0 Å². The number of hydrogen-bond acceptors (Lipinski definition) is 4. The maximum absolute atomic E-state index is 6.22. The van der Waals surface area contributed by atoms with Crippen molar-refractivity contribution in [3.05, 3.63) is 58.4 Å². The Morgan fingerprint density at radius 1 is 1.30 bits per heavy atom. The van der Waals surface area contributed by atoms with Crippen LogP contribution in [0.4, 0.5) is 5.69 Å². The minimum absolute atomic E-state index is 0.172. The number of aromatic nitrogens is 1. The quantitative estimate of drug-likeness (QED) is 0.844. The molecule has 120 valence electrons. The molecule has 2 atom stereocenters. The Balaban J connectivity index is 1.87. The average Bonchev–Trinajstić information content (AvgIpc) is 2.72. The number of nitrogens with zero attached hydrogens (tertiary/aromatic N) is 2. The molecule has 4 nitrogen and oxygen atoms in total. The van der Waals surface area contributed by atoms with E-state index >= 15 is 0 Å². The third-order valence-electron chi connectivity index (χ3n) is 4.85. The van der Waals surface area contributed by atoms with Gasteiger partial charge in [-0.15, -0.1) is 0 Å². The molecule has 1 saturated heterocycles. The molecule has 2 N–H and O–H groups in total. The molecule has 1 aromatic carbocycles. The summed E-state index contributed by atoms with van der Waals surface area (Å²) >= 11 is 6.22. The van der Waals surface area contributed by atoms with E-state index in [0.29, 0.717) is 6.04 Å². The van der Waals surface area contributed by atoms with Crippen LogP contribution < -0.4 is 10.6 Å². The number of nitrogens with one attached hydrogen (secondary N) is 2. The van der Waals surface area contributed by atoms with Crippen LogP contribution in [-0.2, 0) is 6.54 Å². The van der Waals surface area contributed by atoms with Crippen LogP contribution in [0.1, 0.15) is 29.8 Å². The lowest BCUT2D eigenvalue weighted by molar-refractivity contribution is 0.135. The minimum Gasteiger partial charge on any atom is -0.381 e. The van der Waals surface area contributed by atoms with E-state index in [2.05, 4.69) is 34.6 Å². The number of halogens is 1. The van der Waals surface area contributed by atoms with Gasteiger partial charge in [0, 0.05) is 49.1 Å². The summed E-state index contributed by atoms with van der Waals surface area (Å²) in [5.41, 5.74) is 4.80. The second kappa shape index (κ2) is 6.11. The normalized spacial score (nSPS) is 24.3. The van der Waals surface area contributed by atoms with Crippen molar-refractivity contribution in [1.82, 2.24) is 15.2 Å². The highest BCUT2D eigenvalue weighted by Crippen LogP contribution is 2.39. The van der Waals surface area contributed by atoms with Gasteiger partial charge in [-0.3, -0.25) is 9.88 Å². The Labute approximate surface area is 141 Å². The second-order valence-electron chi connectivity index (χ2n) is 6.33. The smallest absolute Gasteiger partial charge is 0.0803 e. The Kier molecular flexibility index (Phi) is 3.97. The van der Waals surface area contributed by atoms with Crippen LogP contribution in [0.3, 0.4) is 0 Å². The molecular formula is C18H21ClN4. The van der Waals surface area contributed by atoms with E-state index in [0.717, 1.165) is 42.6 Å². The van der Waals surface area contributed by atoms with Crippen LogP contribution in [0.2, 0.25) is 5.02 Å². The van der Waals surface area contributed by atoms with Gasteiger partial charge >= 0.3 is 0 Å². The lowest BCUT2D eigenvalue weighted by Crippen LogP contribution is -2.51. The van der Waals surface area contributed by atoms with Crippen LogP contribution in [-0.4, -0.2) is 35.6 Å². The first-order chi connectivity index (χ1) is 11.2. The van der Waals surface area contributed by atoms with Crippen molar-refractivity contribution in [2.45, 2.75) is 25.6 Å². The molecule has 1 aromatic heterocycles. The van der Waals surface area contributed by atoms with Gasteiger partial charge in [0.15, 0.2) is 0 Å². The standard InChI is InChI=1S/C18H21ClN4/c1-12-10-20-7-8-23(12)18-15-5-4-14(19)9-16(15)22-11-13-3-2-6-21-17(13)18/h2-6,9,12,18,20,22H,7-8,10-11H2,1H3. The highest BCUT2D eigenvalue weighted by molar-refractivity contribution is 6.30. The van der Waals surface area contributed by atoms with Crippen molar-refractivity contribution in [1.29, 1.82) is 0 Å². The van der Waals surface area contributed by atoms with E-state index in [9.17, 15) is 0 Å². The zero-order valence-corrected chi connectivity index (χ0v) is 14.0. The highest BCUT2D eigenvalue weighted by Gasteiger charge is 2.33. The van der Waals surface area contributed by atoms with Gasteiger partial charge in [-0.05, 0) is 36.2 Å². The predicted molar refractivity (Wildman–Crippen MR) is 93.9 cm³/mol. The number of hydrogen-bond donors (Lipinski definition) is 2. The summed E-state index contributed by atoms with van der Waals surface area (Å²) in [7, 11) is 0. The molecule has 2 aliphatic rings. The van der Waals surface area contributed by atoms with E-state index in [4.69, 9.17) is 16.6 Å². The van der Waals surface area contributed by atoms with Crippen molar-refractivity contribution in [2.24, 2.45) is 0 Å². The zero-order chi connectivity index (χ0) is 15.8. The molecule has 1 fully saturated rings. The molecule has 0 saturated carbocycles. The van der Waals surface area contributed by atoms with Crippen LogP contribution in [0, 0.1) is 0 Å². The van der Waals surface area contributed by atoms with E-state index in [-0.39, 0.29) is 6.04 Å². The van der Waals surface area contributed by atoms with E-state index in [1.54, 1.807) is 0 Å². The van der Waals surface area contributed by atoms with E-state index < -0.39 is 0 Å². The van der Waals surface area contributed by atoms with Crippen molar-refractivity contribution in [2.75, 3.05) is 25.0 Å². The van der Waals surface area contributed by atoms with Gasteiger partial charge < -0.3 is 10.6 Å². The molecule has 2 unspecified atom stereocenters.